The molecule has 0 bridgehead atoms. The number of anilines is 1. The summed E-state index contributed by atoms with van der Waals surface area (Å²) in [4.78, 5) is 39.0. The van der Waals surface area contributed by atoms with E-state index in [4.69, 9.17) is 9.26 Å². The van der Waals surface area contributed by atoms with E-state index in [0.717, 1.165) is 19.3 Å². The standard InChI is InChI=1S/C33H33FN3O7P/c1-43-32-29-27(31(38)24(33(39)40)18-36(29)22-14-15-22)26(20-9-4-2-5-10-20)28(34)30(32)35-17-21-11-8-16-37(25(21)19-35)45(41,42)44-23-12-6-3-7-13-23/h2-7,9-10,12-13,18,21-22,25H,8,11,14-17,19H2,1H3,(H,39,40)(H,41,42). The van der Waals surface area contributed by atoms with Gasteiger partial charge in [0.2, 0.25) is 5.43 Å². The minimum atomic E-state index is -4.26. The van der Waals surface area contributed by atoms with Crippen LogP contribution in [-0.2, 0) is 4.57 Å². The Morgan fingerprint density at radius 1 is 1.02 bits per heavy atom. The molecule has 0 amide bonds. The van der Waals surface area contributed by atoms with Crippen molar-refractivity contribution in [3.63, 3.8) is 0 Å². The maximum absolute atomic E-state index is 17.2. The summed E-state index contributed by atoms with van der Waals surface area (Å²) in [5.74, 6) is -1.72. The summed E-state index contributed by atoms with van der Waals surface area (Å²) in [6, 6.07) is 16.7. The third kappa shape index (κ3) is 5.09. The zero-order valence-corrected chi connectivity index (χ0v) is 25.5. The predicted molar refractivity (Wildman–Crippen MR) is 168 cm³/mol. The second-order valence-electron chi connectivity index (χ2n) is 11.9. The van der Waals surface area contributed by atoms with Crippen molar-refractivity contribution in [1.29, 1.82) is 0 Å². The number of piperidine rings is 1. The van der Waals surface area contributed by atoms with Crippen molar-refractivity contribution in [1.82, 2.24) is 9.24 Å². The number of methoxy groups -OCH3 is 1. The number of aromatic nitrogens is 1. The van der Waals surface area contributed by atoms with Crippen LogP contribution in [0.15, 0.2) is 71.7 Å². The average molecular weight is 634 g/mol. The SMILES string of the molecule is COc1c(N2CC3CCCN(P(=O)(O)Oc4ccccc4)C3C2)c(F)c(-c2ccccc2)c2c(=O)c(C(=O)O)cn(C3CC3)c12. The lowest BCUT2D eigenvalue weighted by Gasteiger charge is -2.37. The van der Waals surface area contributed by atoms with Crippen LogP contribution in [-0.4, -0.2) is 58.0 Å². The van der Waals surface area contributed by atoms with Crippen molar-refractivity contribution >= 4 is 30.3 Å². The van der Waals surface area contributed by atoms with Crippen LogP contribution < -0.4 is 19.6 Å². The highest BCUT2D eigenvalue weighted by molar-refractivity contribution is 7.50. The highest BCUT2D eigenvalue weighted by atomic mass is 31.2. The first-order valence-electron chi connectivity index (χ1n) is 15.1. The number of halogens is 1. The van der Waals surface area contributed by atoms with E-state index in [9.17, 15) is 24.2 Å². The number of carboxylic acids is 1. The molecule has 1 aromatic heterocycles. The summed E-state index contributed by atoms with van der Waals surface area (Å²) in [6.07, 6.45) is 4.36. The zero-order chi connectivity index (χ0) is 31.5. The first-order chi connectivity index (χ1) is 21.7. The number of carboxylic acid groups (broad SMARTS) is 1. The minimum Gasteiger partial charge on any atom is -0.492 e. The fourth-order valence-corrected chi connectivity index (χ4v) is 8.54. The van der Waals surface area contributed by atoms with Crippen LogP contribution >= 0.6 is 7.75 Å². The van der Waals surface area contributed by atoms with Crippen LogP contribution in [0.5, 0.6) is 11.5 Å². The summed E-state index contributed by atoms with van der Waals surface area (Å²) in [7, 11) is -2.84. The molecule has 3 atom stereocenters. The van der Waals surface area contributed by atoms with Crippen molar-refractivity contribution < 1.29 is 33.0 Å². The van der Waals surface area contributed by atoms with Gasteiger partial charge in [0, 0.05) is 43.5 Å². The summed E-state index contributed by atoms with van der Waals surface area (Å²) in [5.41, 5.74) is -0.279. The van der Waals surface area contributed by atoms with Crippen LogP contribution in [0.2, 0.25) is 0 Å². The Bertz CT molecular complexity index is 1900. The van der Waals surface area contributed by atoms with Gasteiger partial charge in [0.15, 0.2) is 11.6 Å². The van der Waals surface area contributed by atoms with Crippen molar-refractivity contribution in [2.24, 2.45) is 5.92 Å². The first-order valence-corrected chi connectivity index (χ1v) is 16.6. The summed E-state index contributed by atoms with van der Waals surface area (Å²) in [5, 5.41) is 9.89. The summed E-state index contributed by atoms with van der Waals surface area (Å²) < 4.78 is 45.6. The third-order valence-electron chi connectivity index (χ3n) is 9.14. The number of ether oxygens (including phenoxy) is 1. The number of hydrogen-bond donors (Lipinski definition) is 2. The van der Waals surface area contributed by atoms with Gasteiger partial charge in [0.25, 0.3) is 0 Å². The van der Waals surface area contributed by atoms with E-state index in [1.807, 2.05) is 4.90 Å². The van der Waals surface area contributed by atoms with Gasteiger partial charge in [0.1, 0.15) is 17.0 Å². The molecule has 2 saturated heterocycles. The smallest absolute Gasteiger partial charge is 0.459 e. The number of rotatable bonds is 8. The molecule has 45 heavy (non-hydrogen) atoms. The molecule has 10 nitrogen and oxygen atoms in total. The van der Waals surface area contributed by atoms with E-state index in [2.05, 4.69) is 0 Å². The van der Waals surface area contributed by atoms with Gasteiger partial charge in [-0.05, 0) is 49.3 Å². The van der Waals surface area contributed by atoms with Gasteiger partial charge in [-0.3, -0.25) is 4.79 Å². The second-order valence-corrected chi connectivity index (χ2v) is 13.6. The first kappa shape index (κ1) is 29.5. The van der Waals surface area contributed by atoms with Gasteiger partial charge in [-0.25, -0.2) is 13.8 Å². The lowest BCUT2D eigenvalue weighted by Crippen LogP contribution is -2.43. The summed E-state index contributed by atoms with van der Waals surface area (Å²) >= 11 is 0. The van der Waals surface area contributed by atoms with Crippen molar-refractivity contribution in [3.05, 3.63) is 88.5 Å². The largest absolute Gasteiger partial charge is 0.492 e. The normalized spacial score (nSPS) is 21.4. The maximum Gasteiger partial charge on any atom is 0.459 e. The molecule has 4 aromatic rings. The highest BCUT2D eigenvalue weighted by Crippen LogP contribution is 2.54. The lowest BCUT2D eigenvalue weighted by atomic mass is 9.94. The van der Waals surface area contributed by atoms with Crippen molar-refractivity contribution in [3.8, 4) is 22.6 Å². The molecule has 12 heteroatoms. The molecule has 1 aliphatic carbocycles. The predicted octanol–water partition coefficient (Wildman–Crippen LogP) is 5.93. The number of benzene rings is 3. The molecule has 2 N–H and O–H groups in total. The Hall–Kier alpha value is -4.18. The molecule has 234 valence electrons. The van der Waals surface area contributed by atoms with Crippen LogP contribution in [0.25, 0.3) is 22.0 Å². The highest BCUT2D eigenvalue weighted by Gasteiger charge is 2.48. The average Bonchev–Trinajstić information content (AvgIpc) is 3.78. The number of para-hydroxylation sites is 1. The van der Waals surface area contributed by atoms with E-state index in [-0.39, 0.29) is 46.6 Å². The van der Waals surface area contributed by atoms with Crippen molar-refractivity contribution in [2.45, 2.75) is 37.8 Å². The number of carbonyl (C=O) groups is 1. The molecule has 7 rings (SSSR count). The van der Waals surface area contributed by atoms with Crippen LogP contribution in [0.4, 0.5) is 10.1 Å². The van der Waals surface area contributed by atoms with Gasteiger partial charge >= 0.3 is 13.7 Å². The summed E-state index contributed by atoms with van der Waals surface area (Å²) in [6.45, 7) is 0.961. The molecule has 2 aliphatic heterocycles. The Balaban J connectivity index is 1.40. The molecule has 3 heterocycles. The fourth-order valence-electron chi connectivity index (χ4n) is 7.01. The minimum absolute atomic E-state index is 0.0101. The Kier molecular flexibility index (Phi) is 7.43. The Morgan fingerprint density at radius 3 is 2.36 bits per heavy atom. The number of nitrogens with zero attached hydrogens (tertiary/aromatic N) is 3. The Morgan fingerprint density at radius 2 is 1.71 bits per heavy atom. The lowest BCUT2D eigenvalue weighted by molar-refractivity contribution is 0.0694. The topological polar surface area (TPSA) is 122 Å². The zero-order valence-electron chi connectivity index (χ0n) is 24.6. The van der Waals surface area contributed by atoms with Gasteiger partial charge in [0.05, 0.1) is 18.0 Å². The molecule has 0 spiro atoms. The van der Waals surface area contributed by atoms with Crippen molar-refractivity contribution in [2.75, 3.05) is 31.6 Å². The third-order valence-corrected chi connectivity index (χ3v) is 10.7. The Labute approximate surface area is 258 Å². The molecule has 3 aliphatic rings. The molecule has 3 fully saturated rings. The van der Waals surface area contributed by atoms with E-state index < -0.39 is 36.6 Å². The second kappa shape index (κ2) is 11.3. The van der Waals surface area contributed by atoms with Crippen LogP contribution in [0.3, 0.4) is 0 Å². The number of fused-ring (bicyclic) bond motifs is 2. The van der Waals surface area contributed by atoms with E-state index in [1.165, 1.54) is 18.0 Å². The van der Waals surface area contributed by atoms with Crippen LogP contribution in [0.1, 0.15) is 42.1 Å². The number of pyridine rings is 1. The molecule has 3 unspecified atom stereocenters. The van der Waals surface area contributed by atoms with Crippen LogP contribution in [0, 0.1) is 11.7 Å². The van der Waals surface area contributed by atoms with E-state index in [1.54, 1.807) is 65.2 Å². The molecular weight excluding hydrogens is 600 g/mol. The number of aromatic carboxylic acids is 1. The van der Waals surface area contributed by atoms with E-state index in [0.29, 0.717) is 30.6 Å². The molecule has 3 aromatic carbocycles. The maximum atomic E-state index is 17.2. The van der Waals surface area contributed by atoms with Gasteiger partial charge < -0.3 is 28.7 Å². The molecular formula is C33H33FN3O7P. The fraction of sp³-hybridized carbons (Fsp3) is 0.333. The monoisotopic (exact) mass is 633 g/mol. The van der Waals surface area contributed by atoms with E-state index >= 15 is 4.39 Å². The number of hydrogen-bond acceptors (Lipinski definition) is 6. The molecule has 0 radical (unpaired) electrons. The van der Waals surface area contributed by atoms with Gasteiger partial charge in [-0.15, -0.1) is 0 Å². The molecule has 1 saturated carbocycles. The quantitative estimate of drug-likeness (QED) is 0.228. The van der Waals surface area contributed by atoms with Gasteiger partial charge in [-0.1, -0.05) is 48.5 Å². The van der Waals surface area contributed by atoms with Gasteiger partial charge in [-0.2, -0.15) is 4.67 Å².